The molecule has 3 atom stereocenters. The average molecular weight is 395 g/mol. The molecule has 0 radical (unpaired) electrons. The van der Waals surface area contributed by atoms with Crippen LogP contribution in [0.5, 0.6) is 0 Å². The van der Waals surface area contributed by atoms with E-state index in [1.54, 1.807) is 6.07 Å². The van der Waals surface area contributed by atoms with Gasteiger partial charge in [-0.1, -0.05) is 23.7 Å². The van der Waals surface area contributed by atoms with Gasteiger partial charge in [-0.05, 0) is 61.6 Å². The van der Waals surface area contributed by atoms with E-state index < -0.39 is 0 Å². The first kappa shape index (κ1) is 17.7. The Morgan fingerprint density at radius 3 is 2.61 bits per heavy atom. The summed E-state index contributed by atoms with van der Waals surface area (Å²) in [5.74, 6) is -0.0768. The fourth-order valence-corrected chi connectivity index (χ4v) is 4.89. The zero-order valence-corrected chi connectivity index (χ0v) is 16.3. The lowest BCUT2D eigenvalue weighted by atomic mass is 9.96. The Morgan fingerprint density at radius 1 is 1.11 bits per heavy atom. The lowest BCUT2D eigenvalue weighted by Crippen LogP contribution is -2.50. The second-order valence-electron chi connectivity index (χ2n) is 7.94. The van der Waals surface area contributed by atoms with Crippen LogP contribution in [0.2, 0.25) is 5.02 Å². The Kier molecular flexibility index (Phi) is 4.57. The van der Waals surface area contributed by atoms with Crippen molar-refractivity contribution < 1.29 is 4.79 Å². The lowest BCUT2D eigenvalue weighted by Gasteiger charge is -2.39. The summed E-state index contributed by atoms with van der Waals surface area (Å²) in [5.41, 5.74) is 2.53. The van der Waals surface area contributed by atoms with Crippen molar-refractivity contribution in [3.63, 3.8) is 0 Å². The van der Waals surface area contributed by atoms with Crippen LogP contribution in [0, 0.1) is 0 Å². The third-order valence-corrected chi connectivity index (χ3v) is 6.39. The second kappa shape index (κ2) is 7.22. The van der Waals surface area contributed by atoms with Crippen molar-refractivity contribution in [3.8, 4) is 0 Å². The quantitative estimate of drug-likeness (QED) is 0.699. The van der Waals surface area contributed by atoms with Crippen molar-refractivity contribution in [3.05, 3.63) is 64.9 Å². The van der Waals surface area contributed by atoms with Gasteiger partial charge in [0.05, 0.1) is 0 Å². The largest absolute Gasteiger partial charge is 0.348 e. The third-order valence-electron chi connectivity index (χ3n) is 6.14. The monoisotopic (exact) mass is 394 g/mol. The summed E-state index contributed by atoms with van der Waals surface area (Å²) in [6.45, 7) is 0.957. The van der Waals surface area contributed by atoms with Gasteiger partial charge in [-0.2, -0.15) is 0 Å². The molecule has 5 nitrogen and oxygen atoms in total. The summed E-state index contributed by atoms with van der Waals surface area (Å²) < 4.78 is 0. The molecule has 1 unspecified atom stereocenters. The molecule has 2 N–H and O–H groups in total. The Morgan fingerprint density at radius 2 is 1.86 bits per heavy atom. The molecule has 2 bridgehead atoms. The number of hydrogen-bond donors (Lipinski definition) is 2. The number of hydrogen-bond acceptors (Lipinski definition) is 3. The summed E-state index contributed by atoms with van der Waals surface area (Å²) in [7, 11) is 0. The highest BCUT2D eigenvalue weighted by atomic mass is 35.5. The highest BCUT2D eigenvalue weighted by Crippen LogP contribution is 2.37. The minimum atomic E-state index is -0.0768. The van der Waals surface area contributed by atoms with Crippen LogP contribution < -0.4 is 5.32 Å². The molecule has 2 aromatic heterocycles. The highest BCUT2D eigenvalue weighted by Gasteiger charge is 2.41. The Bertz CT molecular complexity index is 985. The highest BCUT2D eigenvalue weighted by molar-refractivity contribution is 6.30. The fourth-order valence-electron chi connectivity index (χ4n) is 4.77. The maximum atomic E-state index is 12.7. The molecule has 0 aliphatic carbocycles. The van der Waals surface area contributed by atoms with E-state index in [1.165, 1.54) is 18.4 Å². The number of amides is 1. The summed E-state index contributed by atoms with van der Waals surface area (Å²) in [6, 6.07) is 15.1. The van der Waals surface area contributed by atoms with Crippen molar-refractivity contribution in [2.24, 2.45) is 0 Å². The van der Waals surface area contributed by atoms with E-state index in [9.17, 15) is 4.79 Å². The van der Waals surface area contributed by atoms with Crippen LogP contribution in [0.25, 0.3) is 11.0 Å². The molecule has 28 heavy (non-hydrogen) atoms. The van der Waals surface area contributed by atoms with Gasteiger partial charge in [-0.15, -0.1) is 0 Å². The van der Waals surface area contributed by atoms with Crippen molar-refractivity contribution in [1.29, 1.82) is 0 Å². The number of rotatable bonds is 4. The van der Waals surface area contributed by atoms with Crippen LogP contribution in [0.1, 0.15) is 41.7 Å². The summed E-state index contributed by atoms with van der Waals surface area (Å²) >= 11 is 6.01. The van der Waals surface area contributed by atoms with Crippen molar-refractivity contribution >= 4 is 28.5 Å². The van der Waals surface area contributed by atoms with Crippen LogP contribution >= 0.6 is 11.6 Å². The topological polar surface area (TPSA) is 61.0 Å². The van der Waals surface area contributed by atoms with Gasteiger partial charge < -0.3 is 10.3 Å². The Hall–Kier alpha value is -2.37. The van der Waals surface area contributed by atoms with E-state index >= 15 is 0 Å². The van der Waals surface area contributed by atoms with Gasteiger partial charge in [-0.3, -0.25) is 9.69 Å². The van der Waals surface area contributed by atoms with E-state index in [0.717, 1.165) is 35.4 Å². The number of aromatic amines is 1. The van der Waals surface area contributed by atoms with Crippen LogP contribution in [0.3, 0.4) is 0 Å². The predicted molar refractivity (Wildman–Crippen MR) is 110 cm³/mol. The molecule has 1 aromatic carbocycles. The van der Waals surface area contributed by atoms with Gasteiger partial charge in [0.1, 0.15) is 11.3 Å². The van der Waals surface area contributed by atoms with Crippen LogP contribution in [0.4, 0.5) is 0 Å². The van der Waals surface area contributed by atoms with Gasteiger partial charge in [0, 0.05) is 41.3 Å². The SMILES string of the molecule is O=C(NC1C[C@H]2CC[C@@H](C1)N2Cc1ccc(Cl)cc1)c1ccc2cc[nH]c2n1. The second-order valence-corrected chi connectivity index (χ2v) is 8.37. The summed E-state index contributed by atoms with van der Waals surface area (Å²) in [4.78, 5) is 22.8. The lowest BCUT2D eigenvalue weighted by molar-refractivity contribution is 0.0824. The Balaban J connectivity index is 1.24. The standard InChI is InChI=1S/C22H23ClN4O/c23-16-4-1-14(2-5-16)13-27-18-6-7-19(27)12-17(11-18)25-22(28)20-8-3-15-9-10-24-21(15)26-20/h1-5,8-10,17-19H,6-7,11-13H2,(H,24,26)(H,25,28)/t17?,18-,19+. The number of aromatic nitrogens is 2. The minimum absolute atomic E-state index is 0.0768. The summed E-state index contributed by atoms with van der Waals surface area (Å²) in [5, 5.41) is 5.02. The molecular formula is C22H23ClN4O. The van der Waals surface area contributed by atoms with Crippen molar-refractivity contribution in [2.75, 3.05) is 0 Å². The molecule has 2 fully saturated rings. The number of halogens is 1. The van der Waals surface area contributed by atoms with Crippen LogP contribution in [-0.4, -0.2) is 38.9 Å². The van der Waals surface area contributed by atoms with Crippen molar-refractivity contribution in [2.45, 2.75) is 50.4 Å². The molecule has 5 rings (SSSR count). The van der Waals surface area contributed by atoms with Gasteiger partial charge in [-0.25, -0.2) is 4.98 Å². The number of H-pyrrole nitrogens is 1. The van der Waals surface area contributed by atoms with Crippen LogP contribution in [-0.2, 0) is 6.54 Å². The average Bonchev–Trinajstić information content (AvgIpc) is 3.25. The number of benzene rings is 1. The molecular weight excluding hydrogens is 372 g/mol. The van der Waals surface area contributed by atoms with Gasteiger partial charge in [0.2, 0.25) is 0 Å². The van der Waals surface area contributed by atoms with E-state index in [-0.39, 0.29) is 11.9 Å². The smallest absolute Gasteiger partial charge is 0.270 e. The van der Waals surface area contributed by atoms with E-state index in [4.69, 9.17) is 11.6 Å². The molecule has 2 saturated heterocycles. The number of pyridine rings is 1. The maximum Gasteiger partial charge on any atom is 0.270 e. The molecule has 1 amide bonds. The Labute approximate surface area is 169 Å². The molecule has 0 saturated carbocycles. The third kappa shape index (κ3) is 3.40. The van der Waals surface area contributed by atoms with E-state index in [0.29, 0.717) is 17.8 Å². The maximum absolute atomic E-state index is 12.7. The fraction of sp³-hybridized carbons (Fsp3) is 0.364. The number of carbonyl (C=O) groups is 1. The number of nitrogens with zero attached hydrogens (tertiary/aromatic N) is 2. The number of carbonyl (C=O) groups excluding carboxylic acids is 1. The normalized spacial score (nSPS) is 24.5. The molecule has 6 heteroatoms. The number of piperidine rings is 1. The zero-order chi connectivity index (χ0) is 19.1. The van der Waals surface area contributed by atoms with E-state index in [1.807, 2.05) is 30.5 Å². The van der Waals surface area contributed by atoms with Crippen molar-refractivity contribution in [1.82, 2.24) is 20.2 Å². The zero-order valence-electron chi connectivity index (χ0n) is 15.6. The predicted octanol–water partition coefficient (Wildman–Crippen LogP) is 4.14. The van der Waals surface area contributed by atoms with Gasteiger partial charge in [0.25, 0.3) is 5.91 Å². The molecule has 3 aromatic rings. The molecule has 2 aliphatic rings. The van der Waals surface area contributed by atoms with Gasteiger partial charge in [0.15, 0.2) is 0 Å². The minimum Gasteiger partial charge on any atom is -0.348 e. The molecule has 144 valence electrons. The first-order valence-electron chi connectivity index (χ1n) is 9.91. The number of fused-ring (bicyclic) bond motifs is 3. The summed E-state index contributed by atoms with van der Waals surface area (Å²) in [6.07, 6.45) is 6.25. The number of nitrogens with one attached hydrogen (secondary N) is 2. The van der Waals surface area contributed by atoms with Crippen LogP contribution in [0.15, 0.2) is 48.7 Å². The van der Waals surface area contributed by atoms with E-state index in [2.05, 4.69) is 32.3 Å². The first-order valence-corrected chi connectivity index (χ1v) is 10.3. The van der Waals surface area contributed by atoms with Gasteiger partial charge >= 0.3 is 0 Å². The molecule has 0 spiro atoms. The first-order chi connectivity index (χ1) is 13.7. The molecule has 2 aliphatic heterocycles. The molecule has 4 heterocycles.